The number of aliphatic carboxylic acids is 1. The van der Waals surface area contributed by atoms with Crippen molar-refractivity contribution in [2.45, 2.75) is 26.1 Å². The monoisotopic (exact) mass is 249 g/mol. The highest BCUT2D eigenvalue weighted by molar-refractivity contribution is 5.65. The summed E-state index contributed by atoms with van der Waals surface area (Å²) in [6.07, 6.45) is -0.740. The number of ether oxygens (including phenoxy) is 1. The van der Waals surface area contributed by atoms with Crippen molar-refractivity contribution in [2.75, 3.05) is 39.9 Å². The van der Waals surface area contributed by atoms with E-state index < -0.39 is 12.1 Å². The van der Waals surface area contributed by atoms with Crippen molar-refractivity contribution in [3.63, 3.8) is 0 Å². The fourth-order valence-corrected chi connectivity index (χ4v) is 1.65. The van der Waals surface area contributed by atoms with Crippen LogP contribution in [-0.4, -0.2) is 72.8 Å². The molecule has 0 heterocycles. The number of likely N-dealkylation sites (N-methyl/N-ethyl adjacent to an activating group) is 1. The van der Waals surface area contributed by atoms with Crippen molar-refractivity contribution < 1.29 is 29.3 Å². The van der Waals surface area contributed by atoms with Crippen LogP contribution in [0.25, 0.3) is 0 Å². The lowest BCUT2D eigenvalue weighted by atomic mass is 10.2. The Bertz CT molecular complexity index is 234. The van der Waals surface area contributed by atoms with Gasteiger partial charge in [-0.25, -0.2) is 0 Å². The van der Waals surface area contributed by atoms with E-state index >= 15 is 0 Å². The van der Waals surface area contributed by atoms with Gasteiger partial charge in [0.2, 0.25) is 0 Å². The summed E-state index contributed by atoms with van der Waals surface area (Å²) in [5, 5.41) is 29.3. The molecule has 0 aliphatic rings. The number of aliphatic hydroxyl groups is 2. The second-order valence-corrected chi connectivity index (χ2v) is 4.82. The molecule has 0 aromatic heterocycles. The van der Waals surface area contributed by atoms with Crippen LogP contribution >= 0.6 is 0 Å². The molecule has 0 aromatic carbocycles. The van der Waals surface area contributed by atoms with E-state index in [9.17, 15) is 15.0 Å². The Labute approximate surface area is 102 Å². The first-order chi connectivity index (χ1) is 7.79. The Morgan fingerprint density at radius 3 is 2.47 bits per heavy atom. The van der Waals surface area contributed by atoms with Crippen molar-refractivity contribution in [3.8, 4) is 0 Å². The third-order valence-electron chi connectivity index (χ3n) is 2.42. The first-order valence-electron chi connectivity index (χ1n) is 5.73. The number of carboxylic acids is 1. The molecule has 2 unspecified atom stereocenters. The van der Waals surface area contributed by atoms with Crippen LogP contribution in [0.1, 0.15) is 13.8 Å². The zero-order valence-corrected chi connectivity index (χ0v) is 10.8. The molecule has 0 saturated carbocycles. The van der Waals surface area contributed by atoms with Gasteiger partial charge in [-0.15, -0.1) is 0 Å². The molecule has 0 bridgehead atoms. The van der Waals surface area contributed by atoms with Crippen LogP contribution in [0.3, 0.4) is 0 Å². The van der Waals surface area contributed by atoms with Crippen LogP contribution in [-0.2, 0) is 9.53 Å². The molecule has 0 amide bonds. The summed E-state index contributed by atoms with van der Waals surface area (Å²) < 4.78 is 5.28. The lowest BCUT2D eigenvalue weighted by Crippen LogP contribution is -2.56. The highest BCUT2D eigenvalue weighted by Gasteiger charge is 2.25. The van der Waals surface area contributed by atoms with E-state index in [1.54, 1.807) is 7.05 Å². The van der Waals surface area contributed by atoms with Crippen molar-refractivity contribution in [1.29, 1.82) is 0 Å². The lowest BCUT2D eigenvalue weighted by Gasteiger charge is -2.35. The van der Waals surface area contributed by atoms with Crippen LogP contribution in [0, 0.1) is 0 Å². The van der Waals surface area contributed by atoms with E-state index in [1.807, 2.05) is 13.8 Å². The average Bonchev–Trinajstić information content (AvgIpc) is 2.13. The first kappa shape index (κ1) is 16.3. The highest BCUT2D eigenvalue weighted by atomic mass is 16.5. The second kappa shape index (κ2) is 7.60. The van der Waals surface area contributed by atoms with Crippen LogP contribution in [0.2, 0.25) is 0 Å². The Kier molecular flexibility index (Phi) is 7.29. The summed E-state index contributed by atoms with van der Waals surface area (Å²) in [5.41, 5.74) is 0. The molecule has 0 saturated heterocycles. The summed E-state index contributed by atoms with van der Waals surface area (Å²) >= 11 is 0. The summed E-state index contributed by atoms with van der Waals surface area (Å²) in [4.78, 5) is 10.6. The fraction of sp³-hybridized carbons (Fsp3) is 0.909. The van der Waals surface area contributed by atoms with Crippen LogP contribution in [0.15, 0.2) is 0 Å². The number of carbonyl (C=O) groups excluding carboxylic acids is 1. The number of hydrogen-bond acceptors (Lipinski definition) is 5. The SMILES string of the molecule is CC(C)OCC(O)C[N+](C)(CCO)CC(=O)[O-]. The molecule has 6 nitrogen and oxygen atoms in total. The van der Waals surface area contributed by atoms with E-state index in [0.717, 1.165) is 0 Å². The Morgan fingerprint density at radius 1 is 1.47 bits per heavy atom. The summed E-state index contributed by atoms with van der Waals surface area (Å²) in [7, 11) is 1.66. The number of rotatable bonds is 9. The van der Waals surface area contributed by atoms with Crippen molar-refractivity contribution in [2.24, 2.45) is 0 Å². The normalized spacial score (nSPS) is 16.8. The number of hydrogen-bond donors (Lipinski definition) is 2. The maximum atomic E-state index is 10.6. The maximum absolute atomic E-state index is 10.6. The predicted octanol–water partition coefficient (Wildman–Crippen LogP) is -2.04. The number of carboxylic acid groups (broad SMARTS) is 1. The topological polar surface area (TPSA) is 89.8 Å². The molecule has 2 N–H and O–H groups in total. The summed E-state index contributed by atoms with van der Waals surface area (Å²) in [6.45, 7) is 3.96. The molecule has 0 aromatic rings. The van der Waals surface area contributed by atoms with Crippen molar-refractivity contribution in [3.05, 3.63) is 0 Å². The van der Waals surface area contributed by atoms with Gasteiger partial charge < -0.3 is 29.3 Å². The number of aliphatic hydroxyl groups excluding tert-OH is 2. The average molecular weight is 249 g/mol. The van der Waals surface area contributed by atoms with E-state index in [1.165, 1.54) is 0 Å². The summed E-state index contributed by atoms with van der Waals surface area (Å²) in [6, 6.07) is 0. The molecule has 0 spiro atoms. The third kappa shape index (κ3) is 8.09. The standard InChI is InChI=1S/C11H23NO5/c1-9(2)17-8-10(14)6-12(3,4-5-13)7-11(15)16/h9-10,13-14H,4-8H2,1-3H3. The van der Waals surface area contributed by atoms with Gasteiger partial charge in [-0.2, -0.15) is 0 Å². The zero-order chi connectivity index (χ0) is 13.5. The van der Waals surface area contributed by atoms with Gasteiger partial charge in [-0.1, -0.05) is 0 Å². The van der Waals surface area contributed by atoms with Crippen LogP contribution in [0.4, 0.5) is 0 Å². The zero-order valence-electron chi connectivity index (χ0n) is 10.8. The lowest BCUT2D eigenvalue weighted by molar-refractivity contribution is -0.907. The van der Waals surface area contributed by atoms with Gasteiger partial charge in [0.1, 0.15) is 25.7 Å². The van der Waals surface area contributed by atoms with Crippen LogP contribution in [0.5, 0.6) is 0 Å². The van der Waals surface area contributed by atoms with E-state index in [2.05, 4.69) is 0 Å². The van der Waals surface area contributed by atoms with Gasteiger partial charge in [0.15, 0.2) is 0 Å². The third-order valence-corrected chi connectivity index (χ3v) is 2.42. The van der Waals surface area contributed by atoms with Gasteiger partial charge in [-0.05, 0) is 13.8 Å². The number of quaternary nitrogens is 1. The molecule has 6 heteroatoms. The fourth-order valence-electron chi connectivity index (χ4n) is 1.65. The largest absolute Gasteiger partial charge is 0.544 e. The molecule has 102 valence electrons. The predicted molar refractivity (Wildman–Crippen MR) is 60.0 cm³/mol. The molecule has 0 fully saturated rings. The Morgan fingerprint density at radius 2 is 2.06 bits per heavy atom. The molecule has 2 atom stereocenters. The number of carbonyl (C=O) groups is 1. The highest BCUT2D eigenvalue weighted by Crippen LogP contribution is 2.05. The van der Waals surface area contributed by atoms with E-state index in [0.29, 0.717) is 0 Å². The van der Waals surface area contributed by atoms with Gasteiger partial charge >= 0.3 is 0 Å². The van der Waals surface area contributed by atoms with Gasteiger partial charge in [-0.3, -0.25) is 0 Å². The van der Waals surface area contributed by atoms with Crippen LogP contribution < -0.4 is 5.11 Å². The number of nitrogens with zero attached hydrogens (tertiary/aromatic N) is 1. The van der Waals surface area contributed by atoms with Gasteiger partial charge in [0, 0.05) is 0 Å². The van der Waals surface area contributed by atoms with E-state index in [4.69, 9.17) is 9.84 Å². The minimum Gasteiger partial charge on any atom is -0.544 e. The minimum atomic E-state index is -1.20. The molecule has 0 aliphatic carbocycles. The molecule has 17 heavy (non-hydrogen) atoms. The second-order valence-electron chi connectivity index (χ2n) is 4.82. The van der Waals surface area contributed by atoms with Gasteiger partial charge in [0.25, 0.3) is 0 Å². The quantitative estimate of drug-likeness (QED) is 0.460. The first-order valence-corrected chi connectivity index (χ1v) is 5.73. The minimum absolute atomic E-state index is 0.0161. The smallest absolute Gasteiger partial charge is 0.126 e. The van der Waals surface area contributed by atoms with Crippen molar-refractivity contribution in [1.82, 2.24) is 0 Å². The maximum Gasteiger partial charge on any atom is 0.126 e. The van der Waals surface area contributed by atoms with Gasteiger partial charge in [0.05, 0.1) is 32.3 Å². The summed E-state index contributed by atoms with van der Waals surface area (Å²) in [5.74, 6) is -1.20. The molecule has 0 radical (unpaired) electrons. The van der Waals surface area contributed by atoms with Crippen molar-refractivity contribution >= 4 is 5.97 Å². The Balaban J connectivity index is 4.26. The van der Waals surface area contributed by atoms with E-state index in [-0.39, 0.29) is 43.4 Å². The molecule has 0 aliphatic heterocycles. The Hall–Kier alpha value is -0.690. The molecule has 0 rings (SSSR count). The molecular formula is C11H23NO5. The molecular weight excluding hydrogens is 226 g/mol.